The van der Waals surface area contributed by atoms with E-state index < -0.39 is 0 Å². The molecule has 1 aromatic carbocycles. The highest BCUT2D eigenvalue weighted by Gasteiger charge is 1.97. The maximum atomic E-state index is 5.80. The van der Waals surface area contributed by atoms with Crippen LogP contribution in [0, 0.1) is 6.92 Å². The zero-order valence-corrected chi connectivity index (χ0v) is 10.5. The first-order valence-corrected chi connectivity index (χ1v) is 6.11. The maximum absolute atomic E-state index is 5.80. The Labute approximate surface area is 107 Å². The Morgan fingerprint density at radius 3 is 2.76 bits per heavy atom. The number of anilines is 1. The highest BCUT2D eigenvalue weighted by molar-refractivity contribution is 6.17. The summed E-state index contributed by atoms with van der Waals surface area (Å²) in [5, 5.41) is 3.30. The van der Waals surface area contributed by atoms with Gasteiger partial charge in [-0.15, -0.1) is 11.6 Å². The van der Waals surface area contributed by atoms with Crippen molar-refractivity contribution in [3.63, 3.8) is 0 Å². The second-order valence-electron chi connectivity index (χ2n) is 4.03. The van der Waals surface area contributed by atoms with Crippen LogP contribution >= 0.6 is 11.6 Å². The number of aromatic nitrogens is 1. The van der Waals surface area contributed by atoms with Gasteiger partial charge in [0.15, 0.2) is 0 Å². The quantitative estimate of drug-likeness (QED) is 0.832. The lowest BCUT2D eigenvalue weighted by molar-refractivity contribution is 1.10. The van der Waals surface area contributed by atoms with Crippen molar-refractivity contribution in [2.75, 3.05) is 5.32 Å². The van der Waals surface area contributed by atoms with Crippen LogP contribution < -0.4 is 5.32 Å². The standard InChI is InChI=1S/C14H15ClN2/c1-11-5-6-16-14(7-11)17-10-13-4-2-3-12(8-13)9-15/h2-8H,9-10H2,1H3,(H,16,17). The smallest absolute Gasteiger partial charge is 0.126 e. The molecule has 0 unspecified atom stereocenters. The summed E-state index contributed by atoms with van der Waals surface area (Å²) in [6.07, 6.45) is 1.81. The van der Waals surface area contributed by atoms with Gasteiger partial charge < -0.3 is 5.32 Å². The third-order valence-electron chi connectivity index (χ3n) is 2.53. The molecule has 88 valence electrons. The average Bonchev–Trinajstić information content (AvgIpc) is 2.37. The Kier molecular flexibility index (Phi) is 3.99. The fourth-order valence-corrected chi connectivity index (χ4v) is 1.81. The van der Waals surface area contributed by atoms with E-state index in [4.69, 9.17) is 11.6 Å². The van der Waals surface area contributed by atoms with Gasteiger partial charge in [0.2, 0.25) is 0 Å². The fraction of sp³-hybridized carbons (Fsp3) is 0.214. The summed E-state index contributed by atoms with van der Waals surface area (Å²) in [6.45, 7) is 2.82. The summed E-state index contributed by atoms with van der Waals surface area (Å²) in [7, 11) is 0. The number of aryl methyl sites for hydroxylation is 1. The molecule has 0 radical (unpaired) electrons. The molecule has 0 aliphatic heterocycles. The monoisotopic (exact) mass is 246 g/mol. The van der Waals surface area contributed by atoms with E-state index in [1.165, 1.54) is 11.1 Å². The molecule has 0 atom stereocenters. The van der Waals surface area contributed by atoms with Crippen molar-refractivity contribution < 1.29 is 0 Å². The summed E-state index contributed by atoms with van der Waals surface area (Å²) < 4.78 is 0. The topological polar surface area (TPSA) is 24.9 Å². The van der Waals surface area contributed by atoms with Crippen LogP contribution in [0.25, 0.3) is 0 Å². The van der Waals surface area contributed by atoms with E-state index in [9.17, 15) is 0 Å². The van der Waals surface area contributed by atoms with Crippen molar-refractivity contribution in [1.82, 2.24) is 4.98 Å². The van der Waals surface area contributed by atoms with Crippen LogP contribution in [0.4, 0.5) is 5.82 Å². The zero-order valence-electron chi connectivity index (χ0n) is 9.78. The van der Waals surface area contributed by atoms with Crippen molar-refractivity contribution in [3.8, 4) is 0 Å². The number of hydrogen-bond acceptors (Lipinski definition) is 2. The van der Waals surface area contributed by atoms with E-state index in [0.29, 0.717) is 5.88 Å². The molecule has 1 N–H and O–H groups in total. The molecule has 3 heteroatoms. The lowest BCUT2D eigenvalue weighted by Gasteiger charge is -2.07. The van der Waals surface area contributed by atoms with Crippen LogP contribution in [0.2, 0.25) is 0 Å². The van der Waals surface area contributed by atoms with E-state index in [0.717, 1.165) is 17.9 Å². The zero-order chi connectivity index (χ0) is 12.1. The molecule has 0 spiro atoms. The highest BCUT2D eigenvalue weighted by atomic mass is 35.5. The number of nitrogens with one attached hydrogen (secondary N) is 1. The Hall–Kier alpha value is -1.54. The Morgan fingerprint density at radius 1 is 1.18 bits per heavy atom. The molecule has 17 heavy (non-hydrogen) atoms. The Morgan fingerprint density at radius 2 is 2.00 bits per heavy atom. The normalized spacial score (nSPS) is 10.2. The highest BCUT2D eigenvalue weighted by Crippen LogP contribution is 2.11. The molecule has 1 aromatic heterocycles. The first-order chi connectivity index (χ1) is 8.28. The van der Waals surface area contributed by atoms with Crippen molar-refractivity contribution in [2.45, 2.75) is 19.3 Å². The molecule has 0 fully saturated rings. The van der Waals surface area contributed by atoms with Gasteiger partial charge in [-0.2, -0.15) is 0 Å². The van der Waals surface area contributed by atoms with Gasteiger partial charge in [-0.25, -0.2) is 4.98 Å². The second kappa shape index (κ2) is 5.69. The van der Waals surface area contributed by atoms with E-state index in [-0.39, 0.29) is 0 Å². The second-order valence-corrected chi connectivity index (χ2v) is 4.29. The predicted molar refractivity (Wildman–Crippen MR) is 72.3 cm³/mol. The number of halogens is 1. The summed E-state index contributed by atoms with van der Waals surface area (Å²) in [4.78, 5) is 4.26. The third-order valence-corrected chi connectivity index (χ3v) is 2.84. The van der Waals surface area contributed by atoms with Crippen molar-refractivity contribution in [3.05, 3.63) is 59.3 Å². The van der Waals surface area contributed by atoms with Crippen LogP contribution in [0.5, 0.6) is 0 Å². The molecule has 2 rings (SSSR count). The Bertz CT molecular complexity index is 497. The molecule has 1 heterocycles. The maximum Gasteiger partial charge on any atom is 0.126 e. The van der Waals surface area contributed by atoms with Gasteiger partial charge in [0, 0.05) is 18.6 Å². The minimum atomic E-state index is 0.552. The largest absolute Gasteiger partial charge is 0.366 e. The van der Waals surface area contributed by atoms with Gasteiger partial charge in [-0.3, -0.25) is 0 Å². The van der Waals surface area contributed by atoms with Crippen LogP contribution in [-0.4, -0.2) is 4.98 Å². The minimum absolute atomic E-state index is 0.552. The first-order valence-electron chi connectivity index (χ1n) is 5.58. The molecule has 0 saturated heterocycles. The predicted octanol–water partition coefficient (Wildman–Crippen LogP) is 3.74. The molecule has 0 aliphatic rings. The Balaban J connectivity index is 2.02. The summed E-state index contributed by atoms with van der Waals surface area (Å²) in [5.41, 5.74) is 3.56. The van der Waals surface area contributed by atoms with Crippen LogP contribution in [0.1, 0.15) is 16.7 Å². The van der Waals surface area contributed by atoms with Crippen molar-refractivity contribution >= 4 is 17.4 Å². The lowest BCUT2D eigenvalue weighted by Crippen LogP contribution is -2.01. The van der Waals surface area contributed by atoms with E-state index in [2.05, 4.69) is 29.4 Å². The van der Waals surface area contributed by atoms with Gasteiger partial charge in [0.05, 0.1) is 0 Å². The van der Waals surface area contributed by atoms with Crippen LogP contribution in [0.3, 0.4) is 0 Å². The molecule has 0 aliphatic carbocycles. The molecule has 0 saturated carbocycles. The van der Waals surface area contributed by atoms with E-state index in [1.807, 2.05) is 30.5 Å². The van der Waals surface area contributed by atoms with E-state index in [1.54, 1.807) is 0 Å². The van der Waals surface area contributed by atoms with Crippen LogP contribution in [-0.2, 0) is 12.4 Å². The van der Waals surface area contributed by atoms with Gasteiger partial charge in [0.1, 0.15) is 5.82 Å². The first kappa shape index (κ1) is 11.9. The average molecular weight is 247 g/mol. The summed E-state index contributed by atoms with van der Waals surface area (Å²) in [6, 6.07) is 12.3. The SMILES string of the molecule is Cc1ccnc(NCc2cccc(CCl)c2)c1. The molecule has 0 amide bonds. The van der Waals surface area contributed by atoms with Gasteiger partial charge >= 0.3 is 0 Å². The minimum Gasteiger partial charge on any atom is -0.366 e. The number of pyridine rings is 1. The number of hydrogen-bond donors (Lipinski definition) is 1. The molecule has 2 aromatic rings. The van der Waals surface area contributed by atoms with Crippen molar-refractivity contribution in [1.29, 1.82) is 0 Å². The number of nitrogens with zero attached hydrogens (tertiary/aromatic N) is 1. The van der Waals surface area contributed by atoms with E-state index >= 15 is 0 Å². The lowest BCUT2D eigenvalue weighted by atomic mass is 10.1. The number of rotatable bonds is 4. The number of benzene rings is 1. The fourth-order valence-electron chi connectivity index (χ4n) is 1.65. The third kappa shape index (κ3) is 3.46. The number of alkyl halides is 1. The van der Waals surface area contributed by atoms with Gasteiger partial charge in [0.25, 0.3) is 0 Å². The molecule has 2 nitrogen and oxygen atoms in total. The van der Waals surface area contributed by atoms with Gasteiger partial charge in [-0.05, 0) is 35.7 Å². The summed E-state index contributed by atoms with van der Waals surface area (Å²) >= 11 is 5.80. The molecular formula is C14H15ClN2. The molecular weight excluding hydrogens is 232 g/mol. The van der Waals surface area contributed by atoms with Crippen molar-refractivity contribution in [2.24, 2.45) is 0 Å². The molecule has 0 bridgehead atoms. The van der Waals surface area contributed by atoms with Crippen LogP contribution in [0.15, 0.2) is 42.6 Å². The van der Waals surface area contributed by atoms with Gasteiger partial charge in [-0.1, -0.05) is 24.3 Å². The summed E-state index contributed by atoms with van der Waals surface area (Å²) in [5.74, 6) is 1.46.